The minimum atomic E-state index is -0.338. The van der Waals surface area contributed by atoms with Crippen LogP contribution in [0.5, 0.6) is 5.75 Å². The summed E-state index contributed by atoms with van der Waals surface area (Å²) in [6.07, 6.45) is 0.0982. The van der Waals surface area contributed by atoms with E-state index in [-0.39, 0.29) is 24.6 Å². The summed E-state index contributed by atoms with van der Waals surface area (Å²) in [5, 5.41) is 0. The van der Waals surface area contributed by atoms with Crippen molar-refractivity contribution in [2.24, 2.45) is 0 Å². The quantitative estimate of drug-likeness (QED) is 0.817. The fourth-order valence-corrected chi connectivity index (χ4v) is 2.11. The van der Waals surface area contributed by atoms with Crippen LogP contribution in [0.2, 0.25) is 0 Å². The van der Waals surface area contributed by atoms with Crippen molar-refractivity contribution in [3.63, 3.8) is 0 Å². The standard InChI is InChI=1S/C17H18FNO2/c1-19(14-7-5-8-16(11-14)21-2)12-15(20)10-13-6-3-4-9-17(13)18/h3-9,11H,10,12H2,1-2H3. The van der Waals surface area contributed by atoms with E-state index in [0.717, 1.165) is 11.4 Å². The molecule has 0 fully saturated rings. The molecule has 0 aliphatic carbocycles. The average Bonchev–Trinajstić information content (AvgIpc) is 2.49. The third-order valence-corrected chi connectivity index (χ3v) is 3.25. The molecule has 2 rings (SSSR count). The predicted molar refractivity (Wildman–Crippen MR) is 81.4 cm³/mol. The van der Waals surface area contributed by atoms with E-state index in [0.29, 0.717) is 5.56 Å². The van der Waals surface area contributed by atoms with Crippen LogP contribution in [-0.4, -0.2) is 26.5 Å². The van der Waals surface area contributed by atoms with Gasteiger partial charge in [-0.05, 0) is 23.8 Å². The SMILES string of the molecule is COc1cccc(N(C)CC(=O)Cc2ccccc2F)c1. The van der Waals surface area contributed by atoms with Crippen LogP contribution in [0.4, 0.5) is 10.1 Å². The number of methoxy groups -OCH3 is 1. The molecule has 3 nitrogen and oxygen atoms in total. The monoisotopic (exact) mass is 287 g/mol. The fourth-order valence-electron chi connectivity index (χ4n) is 2.11. The van der Waals surface area contributed by atoms with Crippen molar-refractivity contribution in [3.8, 4) is 5.75 Å². The number of carbonyl (C=O) groups is 1. The first kappa shape index (κ1) is 15.0. The van der Waals surface area contributed by atoms with E-state index < -0.39 is 0 Å². The number of hydrogen-bond acceptors (Lipinski definition) is 3. The molecule has 21 heavy (non-hydrogen) atoms. The minimum Gasteiger partial charge on any atom is -0.497 e. The Morgan fingerprint density at radius 3 is 2.67 bits per heavy atom. The predicted octanol–water partition coefficient (Wildman–Crippen LogP) is 3.08. The molecule has 0 aliphatic heterocycles. The first-order valence-electron chi connectivity index (χ1n) is 6.70. The van der Waals surface area contributed by atoms with E-state index in [9.17, 15) is 9.18 Å². The van der Waals surface area contributed by atoms with Gasteiger partial charge in [0.2, 0.25) is 0 Å². The van der Waals surface area contributed by atoms with Crippen molar-refractivity contribution < 1.29 is 13.9 Å². The largest absolute Gasteiger partial charge is 0.497 e. The van der Waals surface area contributed by atoms with E-state index >= 15 is 0 Å². The van der Waals surface area contributed by atoms with Crippen molar-refractivity contribution in [2.45, 2.75) is 6.42 Å². The Hall–Kier alpha value is -2.36. The van der Waals surface area contributed by atoms with Gasteiger partial charge in [0.1, 0.15) is 11.6 Å². The summed E-state index contributed by atoms with van der Waals surface area (Å²) in [4.78, 5) is 13.9. The topological polar surface area (TPSA) is 29.5 Å². The van der Waals surface area contributed by atoms with E-state index in [4.69, 9.17) is 4.74 Å². The Morgan fingerprint density at radius 1 is 1.19 bits per heavy atom. The summed E-state index contributed by atoms with van der Waals surface area (Å²) in [6, 6.07) is 13.8. The Kier molecular flexibility index (Phi) is 4.93. The second-order valence-electron chi connectivity index (χ2n) is 4.86. The molecular formula is C17H18FNO2. The van der Waals surface area contributed by atoms with Gasteiger partial charge in [-0.2, -0.15) is 0 Å². The Bertz CT molecular complexity index is 628. The maximum Gasteiger partial charge on any atom is 0.156 e. The lowest BCUT2D eigenvalue weighted by Gasteiger charge is -2.19. The molecule has 0 saturated carbocycles. The second-order valence-corrected chi connectivity index (χ2v) is 4.86. The molecule has 110 valence electrons. The normalized spacial score (nSPS) is 10.2. The van der Waals surface area contributed by atoms with Gasteiger partial charge in [0, 0.05) is 25.2 Å². The summed E-state index contributed by atoms with van der Waals surface area (Å²) in [7, 11) is 3.43. The summed E-state index contributed by atoms with van der Waals surface area (Å²) in [5.41, 5.74) is 1.32. The zero-order valence-corrected chi connectivity index (χ0v) is 12.2. The third-order valence-electron chi connectivity index (χ3n) is 3.25. The number of anilines is 1. The third kappa shape index (κ3) is 4.05. The lowest BCUT2D eigenvalue weighted by molar-refractivity contribution is -0.117. The molecule has 4 heteroatoms. The molecule has 0 N–H and O–H groups in total. The number of halogens is 1. The lowest BCUT2D eigenvalue weighted by Crippen LogP contribution is -2.26. The highest BCUT2D eigenvalue weighted by Crippen LogP contribution is 2.20. The molecule has 0 amide bonds. The van der Waals surface area contributed by atoms with Gasteiger partial charge < -0.3 is 9.64 Å². The lowest BCUT2D eigenvalue weighted by atomic mass is 10.1. The molecule has 0 atom stereocenters. The van der Waals surface area contributed by atoms with Gasteiger partial charge in [0.25, 0.3) is 0 Å². The Morgan fingerprint density at radius 2 is 1.95 bits per heavy atom. The molecule has 0 spiro atoms. The number of carbonyl (C=O) groups excluding carboxylic acids is 1. The van der Waals surface area contributed by atoms with Gasteiger partial charge in [0.15, 0.2) is 5.78 Å². The van der Waals surface area contributed by atoms with Gasteiger partial charge in [-0.1, -0.05) is 24.3 Å². The summed E-state index contributed by atoms with van der Waals surface area (Å²) in [6.45, 7) is 0.224. The van der Waals surface area contributed by atoms with Crippen LogP contribution < -0.4 is 9.64 Å². The van der Waals surface area contributed by atoms with Crippen molar-refractivity contribution >= 4 is 11.5 Å². The molecule has 0 heterocycles. The van der Waals surface area contributed by atoms with Crippen molar-refractivity contribution in [3.05, 3.63) is 59.9 Å². The van der Waals surface area contributed by atoms with Crippen molar-refractivity contribution in [2.75, 3.05) is 25.6 Å². The van der Waals surface area contributed by atoms with Crippen LogP contribution in [-0.2, 0) is 11.2 Å². The average molecular weight is 287 g/mol. The summed E-state index contributed by atoms with van der Waals surface area (Å²) < 4.78 is 18.7. The molecule has 0 saturated heterocycles. The van der Waals surface area contributed by atoms with Gasteiger partial charge >= 0.3 is 0 Å². The number of rotatable bonds is 6. The van der Waals surface area contributed by atoms with Crippen LogP contribution in [0.1, 0.15) is 5.56 Å². The number of likely N-dealkylation sites (N-methyl/N-ethyl adjacent to an activating group) is 1. The minimum absolute atomic E-state index is 0.0366. The van der Waals surface area contributed by atoms with Crippen LogP contribution in [0, 0.1) is 5.82 Å². The highest BCUT2D eigenvalue weighted by molar-refractivity contribution is 5.85. The smallest absolute Gasteiger partial charge is 0.156 e. The highest BCUT2D eigenvalue weighted by Gasteiger charge is 2.11. The number of nitrogens with zero attached hydrogens (tertiary/aromatic N) is 1. The number of ether oxygens (including phenoxy) is 1. The summed E-state index contributed by atoms with van der Waals surface area (Å²) in [5.74, 6) is 0.362. The zero-order valence-electron chi connectivity index (χ0n) is 12.2. The number of benzene rings is 2. The van der Waals surface area contributed by atoms with E-state index in [1.54, 1.807) is 25.3 Å². The van der Waals surface area contributed by atoms with Crippen LogP contribution in [0.25, 0.3) is 0 Å². The number of hydrogen-bond donors (Lipinski definition) is 0. The first-order chi connectivity index (χ1) is 10.1. The van der Waals surface area contributed by atoms with Gasteiger partial charge in [-0.25, -0.2) is 4.39 Å². The Balaban J connectivity index is 2.00. The van der Waals surface area contributed by atoms with Crippen LogP contribution in [0.15, 0.2) is 48.5 Å². The van der Waals surface area contributed by atoms with E-state index in [1.165, 1.54) is 6.07 Å². The van der Waals surface area contributed by atoms with Gasteiger partial charge in [-0.3, -0.25) is 4.79 Å². The zero-order chi connectivity index (χ0) is 15.2. The molecule has 0 unspecified atom stereocenters. The summed E-state index contributed by atoms with van der Waals surface area (Å²) >= 11 is 0. The van der Waals surface area contributed by atoms with Crippen molar-refractivity contribution in [1.82, 2.24) is 0 Å². The first-order valence-corrected chi connectivity index (χ1v) is 6.70. The highest BCUT2D eigenvalue weighted by atomic mass is 19.1. The van der Waals surface area contributed by atoms with Crippen LogP contribution >= 0.6 is 0 Å². The molecule has 0 aliphatic rings. The van der Waals surface area contributed by atoms with Gasteiger partial charge in [0.05, 0.1) is 13.7 Å². The maximum atomic E-state index is 13.5. The fraction of sp³-hybridized carbons (Fsp3) is 0.235. The second kappa shape index (κ2) is 6.88. The molecule has 0 aromatic heterocycles. The van der Waals surface area contributed by atoms with Gasteiger partial charge in [-0.15, -0.1) is 0 Å². The molecule has 2 aromatic carbocycles. The molecule has 2 aromatic rings. The maximum absolute atomic E-state index is 13.5. The van der Waals surface area contributed by atoms with E-state index in [2.05, 4.69) is 0 Å². The molecule has 0 radical (unpaired) electrons. The number of ketones is 1. The molecule has 0 bridgehead atoms. The number of Topliss-reactive ketones (excluding diaryl/α,β-unsaturated/α-hetero) is 1. The van der Waals surface area contributed by atoms with Crippen molar-refractivity contribution in [1.29, 1.82) is 0 Å². The Labute approximate surface area is 124 Å². The molecular weight excluding hydrogens is 269 g/mol. The van der Waals surface area contributed by atoms with E-state index in [1.807, 2.05) is 36.2 Å². The van der Waals surface area contributed by atoms with Crippen LogP contribution in [0.3, 0.4) is 0 Å².